The summed E-state index contributed by atoms with van der Waals surface area (Å²) in [7, 11) is 0. The van der Waals surface area contributed by atoms with Crippen molar-refractivity contribution in [2.75, 3.05) is 13.2 Å². The molecule has 0 atom stereocenters. The lowest BCUT2D eigenvalue weighted by atomic mass is 10.2. The molecule has 0 saturated carbocycles. The number of rotatable bonds is 4. The highest BCUT2D eigenvalue weighted by molar-refractivity contribution is 7.19. The normalized spacial score (nSPS) is 10.7. The van der Waals surface area contributed by atoms with E-state index in [9.17, 15) is 0 Å². The van der Waals surface area contributed by atoms with Crippen molar-refractivity contribution in [1.82, 2.24) is 0 Å². The molecule has 2 rings (SSSR count). The fourth-order valence-corrected chi connectivity index (χ4v) is 2.65. The number of benzene rings is 1. The quantitative estimate of drug-likeness (QED) is 0.798. The van der Waals surface area contributed by atoms with E-state index in [1.807, 2.05) is 13.8 Å². The number of hydrogen-bond donors (Lipinski definition) is 0. The Morgan fingerprint density at radius 2 is 1.62 bits per heavy atom. The molecule has 1 aromatic heterocycles. The summed E-state index contributed by atoms with van der Waals surface area (Å²) in [6, 6.07) is 6.31. The van der Waals surface area contributed by atoms with Gasteiger partial charge in [0.1, 0.15) is 0 Å². The fourth-order valence-electron chi connectivity index (χ4n) is 1.72. The Balaban J connectivity index is 2.51. The maximum Gasteiger partial charge on any atom is 0.162 e. The van der Waals surface area contributed by atoms with E-state index in [2.05, 4.69) is 25.1 Å². The summed E-state index contributed by atoms with van der Waals surface area (Å²) in [5, 5.41) is 1.23. The Labute approximate surface area is 99.8 Å². The molecule has 0 aliphatic heterocycles. The summed E-state index contributed by atoms with van der Waals surface area (Å²) in [4.78, 5) is 1.31. The van der Waals surface area contributed by atoms with Gasteiger partial charge in [0.25, 0.3) is 0 Å². The van der Waals surface area contributed by atoms with Crippen LogP contribution in [0.4, 0.5) is 0 Å². The van der Waals surface area contributed by atoms with E-state index in [-0.39, 0.29) is 0 Å². The van der Waals surface area contributed by atoms with E-state index in [1.165, 1.54) is 15.0 Å². The first-order valence-corrected chi connectivity index (χ1v) is 6.36. The van der Waals surface area contributed by atoms with E-state index in [1.54, 1.807) is 11.3 Å². The molecule has 86 valence electrons. The summed E-state index contributed by atoms with van der Waals surface area (Å²) in [5.41, 5.74) is 0. The molecule has 16 heavy (non-hydrogen) atoms. The van der Waals surface area contributed by atoms with Gasteiger partial charge < -0.3 is 9.47 Å². The van der Waals surface area contributed by atoms with E-state index in [4.69, 9.17) is 9.47 Å². The molecule has 0 N–H and O–H groups in total. The van der Waals surface area contributed by atoms with Crippen LogP contribution in [0.2, 0.25) is 0 Å². The predicted molar refractivity (Wildman–Crippen MR) is 68.9 cm³/mol. The van der Waals surface area contributed by atoms with Crippen LogP contribution in [0.15, 0.2) is 18.2 Å². The summed E-state index contributed by atoms with van der Waals surface area (Å²) in [6.45, 7) is 7.41. The molecule has 0 fully saturated rings. The molecule has 0 radical (unpaired) electrons. The Hall–Kier alpha value is -1.22. The van der Waals surface area contributed by atoms with Crippen molar-refractivity contribution in [2.45, 2.75) is 20.8 Å². The number of ether oxygens (including phenoxy) is 2. The predicted octanol–water partition coefficient (Wildman–Crippen LogP) is 4.01. The molecule has 1 heterocycles. The van der Waals surface area contributed by atoms with Crippen molar-refractivity contribution in [2.24, 2.45) is 0 Å². The first kappa shape index (κ1) is 11.3. The van der Waals surface area contributed by atoms with Gasteiger partial charge in [0.05, 0.1) is 13.2 Å². The SMILES string of the molecule is CCOc1cc2cc(C)sc2cc1OCC. The van der Waals surface area contributed by atoms with Crippen LogP contribution in [0.5, 0.6) is 11.5 Å². The van der Waals surface area contributed by atoms with Crippen molar-refractivity contribution >= 4 is 21.4 Å². The molecule has 3 heteroatoms. The minimum absolute atomic E-state index is 0.661. The molecule has 2 aromatic rings. The standard InChI is InChI=1S/C13H16O2S/c1-4-14-11-7-10-6-9(3)16-13(10)8-12(11)15-5-2/h6-8H,4-5H2,1-3H3. The lowest BCUT2D eigenvalue weighted by Gasteiger charge is -2.10. The molecule has 0 saturated heterocycles. The third kappa shape index (κ3) is 2.14. The summed E-state index contributed by atoms with van der Waals surface area (Å²) < 4.78 is 12.4. The van der Waals surface area contributed by atoms with Gasteiger partial charge in [-0.05, 0) is 38.3 Å². The molecule has 0 aliphatic rings. The second-order valence-corrected chi connectivity index (χ2v) is 4.85. The average molecular weight is 236 g/mol. The smallest absolute Gasteiger partial charge is 0.162 e. The second kappa shape index (κ2) is 4.74. The zero-order valence-corrected chi connectivity index (χ0v) is 10.7. The Morgan fingerprint density at radius 3 is 2.25 bits per heavy atom. The Kier molecular flexibility index (Phi) is 3.34. The number of hydrogen-bond acceptors (Lipinski definition) is 3. The summed E-state index contributed by atoms with van der Waals surface area (Å²) in [5.74, 6) is 1.69. The largest absolute Gasteiger partial charge is 0.490 e. The van der Waals surface area contributed by atoms with E-state index < -0.39 is 0 Å². The maximum absolute atomic E-state index is 5.59. The second-order valence-electron chi connectivity index (χ2n) is 3.56. The molecular weight excluding hydrogens is 220 g/mol. The first-order valence-electron chi connectivity index (χ1n) is 5.54. The van der Waals surface area contributed by atoms with E-state index in [0.717, 1.165) is 11.5 Å². The van der Waals surface area contributed by atoms with Gasteiger partial charge in [0.2, 0.25) is 0 Å². The van der Waals surface area contributed by atoms with Crippen LogP contribution >= 0.6 is 11.3 Å². The van der Waals surface area contributed by atoms with Gasteiger partial charge in [-0.25, -0.2) is 0 Å². The maximum atomic E-state index is 5.59. The molecule has 2 nitrogen and oxygen atoms in total. The molecule has 0 spiro atoms. The van der Waals surface area contributed by atoms with Gasteiger partial charge in [-0.15, -0.1) is 11.3 Å². The monoisotopic (exact) mass is 236 g/mol. The van der Waals surface area contributed by atoms with Crippen LogP contribution in [0.1, 0.15) is 18.7 Å². The molecular formula is C13H16O2S. The van der Waals surface area contributed by atoms with E-state index >= 15 is 0 Å². The summed E-state index contributed by atoms with van der Waals surface area (Å²) >= 11 is 1.78. The van der Waals surface area contributed by atoms with Crippen molar-refractivity contribution in [3.8, 4) is 11.5 Å². The van der Waals surface area contributed by atoms with Gasteiger partial charge in [-0.1, -0.05) is 0 Å². The third-order valence-electron chi connectivity index (χ3n) is 2.31. The van der Waals surface area contributed by atoms with Crippen LogP contribution in [-0.2, 0) is 0 Å². The van der Waals surface area contributed by atoms with Crippen LogP contribution in [-0.4, -0.2) is 13.2 Å². The van der Waals surface area contributed by atoms with Crippen molar-refractivity contribution < 1.29 is 9.47 Å². The minimum atomic E-state index is 0.661. The highest BCUT2D eigenvalue weighted by Gasteiger charge is 2.08. The number of fused-ring (bicyclic) bond motifs is 1. The molecule has 0 amide bonds. The first-order chi connectivity index (χ1) is 7.74. The van der Waals surface area contributed by atoms with Gasteiger partial charge >= 0.3 is 0 Å². The topological polar surface area (TPSA) is 18.5 Å². The van der Waals surface area contributed by atoms with Crippen LogP contribution < -0.4 is 9.47 Å². The van der Waals surface area contributed by atoms with Gasteiger partial charge in [-0.3, -0.25) is 0 Å². The average Bonchev–Trinajstić information content (AvgIpc) is 2.58. The lowest BCUT2D eigenvalue weighted by Crippen LogP contribution is -1.97. The van der Waals surface area contributed by atoms with Gasteiger partial charge in [0, 0.05) is 15.6 Å². The molecule has 0 unspecified atom stereocenters. The van der Waals surface area contributed by atoms with Crippen LogP contribution in [0.3, 0.4) is 0 Å². The molecule has 1 aromatic carbocycles. The lowest BCUT2D eigenvalue weighted by molar-refractivity contribution is 0.288. The van der Waals surface area contributed by atoms with Crippen molar-refractivity contribution in [3.05, 3.63) is 23.1 Å². The van der Waals surface area contributed by atoms with Crippen LogP contribution in [0.25, 0.3) is 10.1 Å². The highest BCUT2D eigenvalue weighted by Crippen LogP contribution is 2.36. The van der Waals surface area contributed by atoms with Crippen molar-refractivity contribution in [1.29, 1.82) is 0 Å². The minimum Gasteiger partial charge on any atom is -0.490 e. The zero-order chi connectivity index (χ0) is 11.5. The third-order valence-corrected chi connectivity index (χ3v) is 3.32. The van der Waals surface area contributed by atoms with Crippen LogP contribution in [0, 0.1) is 6.92 Å². The Bertz CT molecular complexity index is 445. The Morgan fingerprint density at radius 1 is 1.00 bits per heavy atom. The van der Waals surface area contributed by atoms with Gasteiger partial charge in [0.15, 0.2) is 11.5 Å². The highest BCUT2D eigenvalue weighted by atomic mass is 32.1. The molecule has 0 bridgehead atoms. The summed E-state index contributed by atoms with van der Waals surface area (Å²) in [6.07, 6.45) is 0. The molecule has 0 aliphatic carbocycles. The fraction of sp³-hybridized carbons (Fsp3) is 0.385. The van der Waals surface area contributed by atoms with E-state index in [0.29, 0.717) is 13.2 Å². The van der Waals surface area contributed by atoms with Gasteiger partial charge in [-0.2, -0.15) is 0 Å². The zero-order valence-electron chi connectivity index (χ0n) is 9.87. The number of thiophene rings is 1. The van der Waals surface area contributed by atoms with Crippen molar-refractivity contribution in [3.63, 3.8) is 0 Å². The number of aryl methyl sites for hydroxylation is 1.